The molecule has 0 saturated heterocycles. The summed E-state index contributed by atoms with van der Waals surface area (Å²) in [6.45, 7) is 1.86. The third-order valence-corrected chi connectivity index (χ3v) is 3.58. The third-order valence-electron chi connectivity index (χ3n) is 1.62. The van der Waals surface area contributed by atoms with Crippen molar-refractivity contribution < 1.29 is 20.8 Å². The fraction of sp³-hybridized carbons (Fsp3) is 0.250. The van der Waals surface area contributed by atoms with Crippen LogP contribution in [0, 0.1) is 6.92 Å². The summed E-state index contributed by atoms with van der Waals surface area (Å²) in [5.41, 5.74) is 1.47. The van der Waals surface area contributed by atoms with E-state index in [0.29, 0.717) is 5.56 Å². The number of hydrogen-bond donors (Lipinski definition) is 0. The molecule has 0 aliphatic rings. The third kappa shape index (κ3) is 4.52. The van der Waals surface area contributed by atoms with E-state index in [1.165, 1.54) is 0 Å². The molecule has 15 heavy (non-hydrogen) atoms. The zero-order chi connectivity index (χ0) is 11.5. The Hall–Kier alpha value is -0.760. The van der Waals surface area contributed by atoms with E-state index in [2.05, 4.69) is 3.63 Å². The Morgan fingerprint density at radius 3 is 2.33 bits per heavy atom. The molecule has 1 rings (SSSR count). The molecule has 1 aromatic carbocycles. The Bertz CT molecular complexity index is 448. The molecule has 5 nitrogen and oxygen atoms in total. The van der Waals surface area contributed by atoms with Gasteiger partial charge in [0.2, 0.25) is 0 Å². The van der Waals surface area contributed by atoms with Gasteiger partial charge in [0.1, 0.15) is 17.1 Å². The van der Waals surface area contributed by atoms with Crippen molar-refractivity contribution in [3.8, 4) is 0 Å². The molecule has 1 atom stereocenters. The topological polar surface area (TPSA) is 83.5 Å². The molecule has 1 unspecified atom stereocenters. The zero-order valence-corrected chi connectivity index (χ0v) is 9.51. The summed E-state index contributed by atoms with van der Waals surface area (Å²) in [6, 6.07) is 6.67. The maximum atomic E-state index is 11.1. The van der Waals surface area contributed by atoms with Gasteiger partial charge >= 0.3 is 0 Å². The van der Waals surface area contributed by atoms with E-state index in [1.54, 1.807) is 24.3 Å². The summed E-state index contributed by atoms with van der Waals surface area (Å²) < 4.78 is 46.0. The monoisotopic (exact) mass is 249 g/mol. The van der Waals surface area contributed by atoms with Crippen LogP contribution in [-0.2, 0) is 30.9 Å². The maximum absolute atomic E-state index is 11.1. The summed E-state index contributed by atoms with van der Waals surface area (Å²) in [5, 5.41) is 0. The molecule has 0 radical (unpaired) electrons. The highest BCUT2D eigenvalue weighted by molar-refractivity contribution is 7.94. The average Bonchev–Trinajstić information content (AvgIpc) is 2.06. The van der Waals surface area contributed by atoms with Crippen LogP contribution in [-0.4, -0.2) is 17.2 Å². The second kappa shape index (κ2) is 4.84. The first-order chi connectivity index (χ1) is 6.89. The largest absolute Gasteiger partial charge is 0.749 e. The van der Waals surface area contributed by atoms with Crippen molar-refractivity contribution >= 4 is 21.5 Å². The van der Waals surface area contributed by atoms with Crippen molar-refractivity contribution in [3.05, 3.63) is 35.4 Å². The molecular formula is C8H9O5S2-. The number of benzene rings is 1. The van der Waals surface area contributed by atoms with Gasteiger partial charge in [-0.05, 0) is 12.5 Å². The molecule has 7 heteroatoms. The van der Waals surface area contributed by atoms with Gasteiger partial charge in [0.15, 0.2) is 0 Å². The molecule has 0 aromatic heterocycles. The minimum Gasteiger partial charge on any atom is -0.749 e. The summed E-state index contributed by atoms with van der Waals surface area (Å²) in [5.74, 6) is -0.457. The molecule has 0 spiro atoms. The lowest BCUT2D eigenvalue weighted by Crippen LogP contribution is -2.10. The Morgan fingerprint density at radius 1 is 1.33 bits per heavy atom. The maximum Gasteiger partial charge on any atom is 0.283 e. The van der Waals surface area contributed by atoms with Crippen molar-refractivity contribution in [2.45, 2.75) is 12.7 Å². The van der Waals surface area contributed by atoms with Crippen LogP contribution in [0.2, 0.25) is 0 Å². The van der Waals surface area contributed by atoms with Crippen LogP contribution < -0.4 is 0 Å². The minimum absolute atomic E-state index is 0.457. The first-order valence-corrected chi connectivity index (χ1v) is 6.54. The highest BCUT2D eigenvalue weighted by Crippen LogP contribution is 2.09. The van der Waals surface area contributed by atoms with E-state index in [9.17, 15) is 17.2 Å². The Morgan fingerprint density at radius 2 is 1.87 bits per heavy atom. The number of hydrogen-bond acceptors (Lipinski definition) is 5. The van der Waals surface area contributed by atoms with Crippen molar-refractivity contribution in [3.63, 3.8) is 0 Å². The van der Waals surface area contributed by atoms with E-state index >= 15 is 0 Å². The Labute approximate surface area is 90.7 Å². The van der Waals surface area contributed by atoms with Crippen molar-refractivity contribution in [1.82, 2.24) is 0 Å². The van der Waals surface area contributed by atoms with Crippen molar-refractivity contribution in [1.29, 1.82) is 0 Å². The second-order valence-electron chi connectivity index (χ2n) is 2.96. The molecule has 84 valence electrons. The van der Waals surface area contributed by atoms with Gasteiger partial charge in [-0.1, -0.05) is 29.8 Å². The van der Waals surface area contributed by atoms with E-state index < -0.39 is 27.2 Å². The molecule has 1 aromatic rings. The van der Waals surface area contributed by atoms with E-state index in [0.717, 1.165) is 5.56 Å². The quantitative estimate of drug-likeness (QED) is 0.731. The predicted octanol–water partition coefficient (Wildman–Crippen LogP) is 0.636. The predicted molar refractivity (Wildman–Crippen MR) is 53.8 cm³/mol. The van der Waals surface area contributed by atoms with Crippen LogP contribution in [0.3, 0.4) is 0 Å². The van der Waals surface area contributed by atoms with Crippen LogP contribution in [0.25, 0.3) is 0 Å². The van der Waals surface area contributed by atoms with Gasteiger partial charge < -0.3 is 4.55 Å². The molecule has 0 N–H and O–H groups in total. The second-order valence-corrected chi connectivity index (χ2v) is 5.32. The number of rotatable bonds is 4. The van der Waals surface area contributed by atoms with E-state index in [4.69, 9.17) is 0 Å². The molecule has 0 aliphatic carbocycles. The molecule has 0 aliphatic heterocycles. The molecule has 0 amide bonds. The summed E-state index contributed by atoms with van der Waals surface area (Å²) >= 11 is -3.05. The van der Waals surface area contributed by atoms with Crippen molar-refractivity contribution in [2.24, 2.45) is 0 Å². The van der Waals surface area contributed by atoms with Gasteiger partial charge in [0.05, 0.1) is 0 Å². The van der Waals surface area contributed by atoms with E-state index in [-0.39, 0.29) is 0 Å². The van der Waals surface area contributed by atoms with Gasteiger partial charge in [-0.15, -0.1) is 0 Å². The summed E-state index contributed by atoms with van der Waals surface area (Å²) in [7, 11) is -4.06. The van der Waals surface area contributed by atoms with Gasteiger partial charge in [-0.25, -0.2) is 4.21 Å². The fourth-order valence-corrected chi connectivity index (χ4v) is 2.47. The number of aryl methyl sites for hydroxylation is 1. The zero-order valence-electron chi connectivity index (χ0n) is 7.87. The first kappa shape index (κ1) is 12.3. The Kier molecular flexibility index (Phi) is 3.97. The van der Waals surface area contributed by atoms with Crippen LogP contribution in [0.1, 0.15) is 11.1 Å². The molecular weight excluding hydrogens is 240 g/mol. The van der Waals surface area contributed by atoms with Gasteiger partial charge in [-0.2, -0.15) is 12.0 Å². The van der Waals surface area contributed by atoms with Gasteiger partial charge in [-0.3, -0.25) is 0 Å². The lowest BCUT2D eigenvalue weighted by Gasteiger charge is -2.06. The summed E-state index contributed by atoms with van der Waals surface area (Å²) in [6.07, 6.45) is 0. The van der Waals surface area contributed by atoms with Crippen LogP contribution in [0.4, 0.5) is 0 Å². The Balaban J connectivity index is 2.78. The molecule has 0 heterocycles. The van der Waals surface area contributed by atoms with Crippen LogP contribution in [0.5, 0.6) is 0 Å². The molecule has 0 fully saturated rings. The fourth-order valence-electron chi connectivity index (χ4n) is 0.997. The van der Waals surface area contributed by atoms with E-state index in [1.807, 2.05) is 6.92 Å². The lowest BCUT2D eigenvalue weighted by atomic mass is 10.2. The smallest absolute Gasteiger partial charge is 0.283 e. The lowest BCUT2D eigenvalue weighted by molar-refractivity contribution is 0.429. The first-order valence-electron chi connectivity index (χ1n) is 3.96. The molecule has 0 saturated carbocycles. The van der Waals surface area contributed by atoms with Crippen LogP contribution in [0.15, 0.2) is 24.3 Å². The average molecular weight is 249 g/mol. The van der Waals surface area contributed by atoms with Gasteiger partial charge in [0.25, 0.3) is 10.1 Å². The minimum atomic E-state index is -4.06. The normalized spacial score (nSPS) is 13.7. The highest BCUT2D eigenvalue weighted by Gasteiger charge is 2.12. The SMILES string of the molecule is Cc1ccc(CS(=O)(=O)OS(=O)[O-])cc1. The van der Waals surface area contributed by atoms with Gasteiger partial charge in [0, 0.05) is 0 Å². The highest BCUT2D eigenvalue weighted by atomic mass is 32.3. The summed E-state index contributed by atoms with van der Waals surface area (Å²) in [4.78, 5) is 0. The van der Waals surface area contributed by atoms with Crippen molar-refractivity contribution in [2.75, 3.05) is 0 Å². The standard InChI is InChI=1S/C8H10O5S2/c1-7-2-4-8(5-3-7)6-15(11,12)13-14(9)10/h2-5H,6H2,1H3,(H,9,10)/p-1. The van der Waals surface area contributed by atoms with Crippen LogP contribution >= 0.6 is 0 Å². The molecule has 0 bridgehead atoms.